The topological polar surface area (TPSA) is 24.9 Å². The standard InChI is InChI=1S/C15H24N2S/c1-10(12-16-7-8-18-12)17-13-14(2,3)11-5-6-15(13,4)9-11/h7-8,10-11,13,17H,5-6,9H2,1-4H3/t10?,11-,13?,15+/m0/s1. The Morgan fingerprint density at radius 2 is 2.22 bits per heavy atom. The van der Waals surface area contributed by atoms with Crippen molar-refractivity contribution in [3.63, 3.8) is 0 Å². The summed E-state index contributed by atoms with van der Waals surface area (Å²) in [7, 11) is 0. The molecule has 1 aromatic heterocycles. The van der Waals surface area contributed by atoms with Crippen LogP contribution in [-0.4, -0.2) is 11.0 Å². The third kappa shape index (κ3) is 1.75. The largest absolute Gasteiger partial charge is 0.304 e. The van der Waals surface area contributed by atoms with Crippen LogP contribution >= 0.6 is 11.3 Å². The zero-order valence-electron chi connectivity index (χ0n) is 11.9. The molecule has 2 nitrogen and oxygen atoms in total. The van der Waals surface area contributed by atoms with Crippen LogP contribution in [0.1, 0.15) is 58.0 Å². The maximum atomic E-state index is 4.45. The van der Waals surface area contributed by atoms with Crippen molar-refractivity contribution in [1.82, 2.24) is 10.3 Å². The summed E-state index contributed by atoms with van der Waals surface area (Å²) in [4.78, 5) is 4.45. The number of thiazole rings is 1. The molecule has 0 radical (unpaired) electrons. The molecular weight excluding hydrogens is 240 g/mol. The fourth-order valence-corrected chi connectivity index (χ4v) is 5.14. The summed E-state index contributed by atoms with van der Waals surface area (Å²) in [6.45, 7) is 9.64. The maximum Gasteiger partial charge on any atom is 0.109 e. The average molecular weight is 264 g/mol. The Kier molecular flexibility index (Phi) is 2.83. The van der Waals surface area contributed by atoms with E-state index in [1.165, 1.54) is 24.3 Å². The van der Waals surface area contributed by atoms with E-state index >= 15 is 0 Å². The SMILES string of the molecule is CC(NC1C(C)(C)[C@H]2CC[C@]1(C)C2)c1nccs1. The Labute approximate surface area is 114 Å². The van der Waals surface area contributed by atoms with E-state index in [4.69, 9.17) is 0 Å². The highest BCUT2D eigenvalue weighted by Crippen LogP contribution is 2.62. The molecule has 1 heterocycles. The van der Waals surface area contributed by atoms with Gasteiger partial charge in [-0.1, -0.05) is 20.8 Å². The highest BCUT2D eigenvalue weighted by molar-refractivity contribution is 7.09. The molecule has 4 atom stereocenters. The van der Waals surface area contributed by atoms with Crippen LogP contribution in [0.3, 0.4) is 0 Å². The van der Waals surface area contributed by atoms with Gasteiger partial charge in [-0.3, -0.25) is 0 Å². The van der Waals surface area contributed by atoms with Gasteiger partial charge in [0.1, 0.15) is 5.01 Å². The molecule has 2 bridgehead atoms. The van der Waals surface area contributed by atoms with Gasteiger partial charge in [-0.15, -0.1) is 11.3 Å². The summed E-state index contributed by atoms with van der Waals surface area (Å²) in [6, 6.07) is 1.01. The highest BCUT2D eigenvalue weighted by Gasteiger charge is 2.59. The minimum atomic E-state index is 0.380. The summed E-state index contributed by atoms with van der Waals surface area (Å²) < 4.78 is 0. The van der Waals surface area contributed by atoms with Crippen molar-refractivity contribution in [1.29, 1.82) is 0 Å². The molecule has 1 aromatic rings. The minimum absolute atomic E-state index is 0.380. The van der Waals surface area contributed by atoms with Crippen LogP contribution < -0.4 is 5.32 Å². The molecule has 1 N–H and O–H groups in total. The molecule has 2 fully saturated rings. The second-order valence-corrected chi connectivity index (χ2v) is 8.03. The molecule has 3 heteroatoms. The summed E-state index contributed by atoms with van der Waals surface area (Å²) in [5, 5.41) is 7.18. The number of hydrogen-bond acceptors (Lipinski definition) is 3. The number of aromatic nitrogens is 1. The van der Waals surface area contributed by atoms with Gasteiger partial charge in [0.2, 0.25) is 0 Å². The average Bonchev–Trinajstić information content (AvgIpc) is 2.96. The molecule has 0 spiro atoms. The zero-order valence-corrected chi connectivity index (χ0v) is 12.7. The Bertz CT molecular complexity index is 421. The van der Waals surface area contributed by atoms with E-state index in [0.717, 1.165) is 5.92 Å². The first-order valence-electron chi connectivity index (χ1n) is 7.09. The molecule has 0 aliphatic heterocycles. The van der Waals surface area contributed by atoms with Crippen molar-refractivity contribution < 1.29 is 0 Å². The van der Waals surface area contributed by atoms with Gasteiger partial charge in [-0.2, -0.15) is 0 Å². The van der Waals surface area contributed by atoms with Crippen LogP contribution in [0.25, 0.3) is 0 Å². The summed E-state index contributed by atoms with van der Waals surface area (Å²) in [6.07, 6.45) is 6.13. The van der Waals surface area contributed by atoms with Gasteiger partial charge in [-0.25, -0.2) is 4.98 Å². The molecule has 0 aromatic carbocycles. The van der Waals surface area contributed by atoms with Crippen molar-refractivity contribution >= 4 is 11.3 Å². The van der Waals surface area contributed by atoms with Crippen molar-refractivity contribution in [2.24, 2.45) is 16.7 Å². The Morgan fingerprint density at radius 1 is 1.44 bits per heavy atom. The van der Waals surface area contributed by atoms with E-state index in [2.05, 4.69) is 43.4 Å². The second kappa shape index (κ2) is 4.04. The summed E-state index contributed by atoms with van der Waals surface area (Å²) >= 11 is 1.76. The van der Waals surface area contributed by atoms with E-state index in [0.29, 0.717) is 22.9 Å². The van der Waals surface area contributed by atoms with Crippen LogP contribution in [0.4, 0.5) is 0 Å². The summed E-state index contributed by atoms with van der Waals surface area (Å²) in [5.74, 6) is 0.906. The molecule has 3 rings (SSSR count). The van der Waals surface area contributed by atoms with Crippen LogP contribution in [0.5, 0.6) is 0 Å². The number of hydrogen-bond donors (Lipinski definition) is 1. The third-order valence-corrected chi connectivity index (χ3v) is 6.47. The lowest BCUT2D eigenvalue weighted by Gasteiger charge is -2.44. The lowest BCUT2D eigenvalue weighted by atomic mass is 9.68. The highest BCUT2D eigenvalue weighted by atomic mass is 32.1. The minimum Gasteiger partial charge on any atom is -0.304 e. The van der Waals surface area contributed by atoms with Gasteiger partial charge < -0.3 is 5.32 Å². The predicted molar refractivity (Wildman–Crippen MR) is 76.7 cm³/mol. The van der Waals surface area contributed by atoms with Gasteiger partial charge in [0.15, 0.2) is 0 Å². The Morgan fingerprint density at radius 3 is 2.78 bits per heavy atom. The van der Waals surface area contributed by atoms with Gasteiger partial charge in [0.25, 0.3) is 0 Å². The third-order valence-electron chi connectivity index (χ3n) is 5.51. The number of fused-ring (bicyclic) bond motifs is 2. The lowest BCUT2D eigenvalue weighted by Crippen LogP contribution is -2.50. The number of rotatable bonds is 3. The van der Waals surface area contributed by atoms with Crippen molar-refractivity contribution in [2.45, 2.75) is 59.0 Å². The van der Waals surface area contributed by atoms with Crippen molar-refractivity contribution in [3.8, 4) is 0 Å². The first-order valence-corrected chi connectivity index (χ1v) is 7.97. The first-order chi connectivity index (χ1) is 8.43. The van der Waals surface area contributed by atoms with Crippen LogP contribution in [0, 0.1) is 16.7 Å². The molecule has 100 valence electrons. The monoisotopic (exact) mass is 264 g/mol. The molecule has 18 heavy (non-hydrogen) atoms. The molecular formula is C15H24N2S. The van der Waals surface area contributed by atoms with Crippen molar-refractivity contribution in [2.75, 3.05) is 0 Å². The fraction of sp³-hybridized carbons (Fsp3) is 0.800. The number of nitrogens with one attached hydrogen (secondary N) is 1. The first kappa shape index (κ1) is 12.6. The van der Waals surface area contributed by atoms with E-state index in [1.54, 1.807) is 11.3 Å². The smallest absolute Gasteiger partial charge is 0.109 e. The van der Waals surface area contributed by atoms with Gasteiger partial charge in [0.05, 0.1) is 6.04 Å². The molecule has 2 unspecified atom stereocenters. The van der Waals surface area contributed by atoms with Crippen LogP contribution in [0.2, 0.25) is 0 Å². The van der Waals surface area contributed by atoms with Gasteiger partial charge in [0, 0.05) is 17.6 Å². The quantitative estimate of drug-likeness (QED) is 0.892. The van der Waals surface area contributed by atoms with E-state index in [1.807, 2.05) is 6.20 Å². The second-order valence-electron chi connectivity index (χ2n) is 7.11. The molecule has 0 saturated heterocycles. The van der Waals surface area contributed by atoms with E-state index in [9.17, 15) is 0 Å². The lowest BCUT2D eigenvalue weighted by molar-refractivity contribution is 0.100. The van der Waals surface area contributed by atoms with E-state index < -0.39 is 0 Å². The molecule has 2 aliphatic rings. The summed E-state index contributed by atoms with van der Waals surface area (Å²) in [5.41, 5.74) is 0.929. The number of nitrogens with zero attached hydrogens (tertiary/aromatic N) is 1. The predicted octanol–water partition coefficient (Wildman–Crippen LogP) is 4.01. The molecule has 2 aliphatic carbocycles. The maximum absolute atomic E-state index is 4.45. The Balaban J connectivity index is 1.80. The zero-order chi connectivity index (χ0) is 13.0. The fourth-order valence-electron chi connectivity index (χ4n) is 4.49. The van der Waals surface area contributed by atoms with E-state index in [-0.39, 0.29) is 0 Å². The molecule has 0 amide bonds. The molecule has 2 saturated carbocycles. The normalized spacial score (nSPS) is 39.1. The van der Waals surface area contributed by atoms with Crippen LogP contribution in [-0.2, 0) is 0 Å². The van der Waals surface area contributed by atoms with Crippen LogP contribution in [0.15, 0.2) is 11.6 Å². The van der Waals surface area contributed by atoms with Gasteiger partial charge >= 0.3 is 0 Å². The van der Waals surface area contributed by atoms with Gasteiger partial charge in [-0.05, 0) is 42.9 Å². The van der Waals surface area contributed by atoms with Crippen molar-refractivity contribution in [3.05, 3.63) is 16.6 Å². The Hall–Kier alpha value is -0.410.